The topological polar surface area (TPSA) is 76.3 Å². The van der Waals surface area contributed by atoms with E-state index in [1.54, 1.807) is 12.1 Å². The molecule has 0 spiro atoms. The normalized spacial score (nSPS) is 16.6. The van der Waals surface area contributed by atoms with Gasteiger partial charge in [-0.15, -0.1) is 0 Å². The quantitative estimate of drug-likeness (QED) is 0.719. The van der Waals surface area contributed by atoms with Crippen LogP contribution in [0.1, 0.15) is 45.9 Å². The molecule has 154 valence electrons. The Kier molecular flexibility index (Phi) is 5.48. The number of likely N-dealkylation sites (tertiary alicyclic amines) is 1. The highest BCUT2D eigenvalue weighted by molar-refractivity contribution is 5.98. The van der Waals surface area contributed by atoms with Crippen molar-refractivity contribution in [3.05, 3.63) is 76.7 Å². The largest absolute Gasteiger partial charge is 0.366 e. The number of aromatic nitrogens is 1. The van der Waals surface area contributed by atoms with Crippen LogP contribution in [0.15, 0.2) is 48.5 Å². The molecule has 1 atom stereocenters. The van der Waals surface area contributed by atoms with Gasteiger partial charge in [-0.3, -0.25) is 14.6 Å². The van der Waals surface area contributed by atoms with Crippen molar-refractivity contribution < 1.29 is 14.0 Å². The first-order valence-electron chi connectivity index (χ1n) is 10.1. The number of aryl methyl sites for hydroxylation is 1. The van der Waals surface area contributed by atoms with Crippen LogP contribution >= 0.6 is 0 Å². The Morgan fingerprint density at radius 3 is 2.80 bits per heavy atom. The first kappa shape index (κ1) is 20.0. The predicted molar refractivity (Wildman–Crippen MR) is 114 cm³/mol. The summed E-state index contributed by atoms with van der Waals surface area (Å²) in [4.78, 5) is 31.5. The molecule has 2 amide bonds. The Morgan fingerprint density at radius 2 is 2.03 bits per heavy atom. The highest BCUT2D eigenvalue weighted by atomic mass is 19.1. The minimum absolute atomic E-state index is 0.0637. The first-order valence-corrected chi connectivity index (χ1v) is 10.1. The Morgan fingerprint density at radius 1 is 1.20 bits per heavy atom. The Labute approximate surface area is 174 Å². The fourth-order valence-electron chi connectivity index (χ4n) is 4.21. The van der Waals surface area contributed by atoms with E-state index in [9.17, 15) is 14.0 Å². The molecule has 1 fully saturated rings. The molecule has 0 unspecified atom stereocenters. The summed E-state index contributed by atoms with van der Waals surface area (Å²) in [6.07, 6.45) is 1.99. The lowest BCUT2D eigenvalue weighted by Crippen LogP contribution is -2.40. The van der Waals surface area contributed by atoms with E-state index in [1.165, 1.54) is 12.1 Å². The maximum atomic E-state index is 13.6. The molecule has 30 heavy (non-hydrogen) atoms. The number of nitrogens with zero attached hydrogens (tertiary/aromatic N) is 2. The van der Waals surface area contributed by atoms with Crippen LogP contribution in [-0.4, -0.2) is 34.8 Å². The van der Waals surface area contributed by atoms with Gasteiger partial charge in [-0.05, 0) is 49.6 Å². The minimum atomic E-state index is -0.591. The zero-order valence-electron chi connectivity index (χ0n) is 16.9. The van der Waals surface area contributed by atoms with E-state index in [0.29, 0.717) is 41.7 Å². The first-order chi connectivity index (χ1) is 14.4. The van der Waals surface area contributed by atoms with Crippen LogP contribution in [0.5, 0.6) is 0 Å². The lowest BCUT2D eigenvalue weighted by Gasteiger charge is -2.33. The van der Waals surface area contributed by atoms with Crippen molar-refractivity contribution in [2.45, 2.75) is 32.1 Å². The van der Waals surface area contributed by atoms with E-state index in [1.807, 2.05) is 36.1 Å². The van der Waals surface area contributed by atoms with Gasteiger partial charge in [0.2, 0.25) is 5.91 Å². The molecule has 2 aromatic carbocycles. The number of hydrogen-bond acceptors (Lipinski definition) is 3. The van der Waals surface area contributed by atoms with Crippen LogP contribution in [-0.2, 0) is 11.2 Å². The second-order valence-corrected chi connectivity index (χ2v) is 7.97. The van der Waals surface area contributed by atoms with Gasteiger partial charge in [0.1, 0.15) is 5.82 Å². The summed E-state index contributed by atoms with van der Waals surface area (Å²) in [6.45, 7) is 3.18. The number of pyridine rings is 1. The van der Waals surface area contributed by atoms with Gasteiger partial charge in [0.25, 0.3) is 5.91 Å². The molecule has 0 bridgehead atoms. The molecule has 1 aliphatic rings. The second-order valence-electron chi connectivity index (χ2n) is 7.97. The summed E-state index contributed by atoms with van der Waals surface area (Å²) < 4.78 is 13.6. The number of hydrogen-bond donors (Lipinski definition) is 1. The van der Waals surface area contributed by atoms with Crippen molar-refractivity contribution in [1.82, 2.24) is 9.88 Å². The lowest BCUT2D eigenvalue weighted by molar-refractivity contribution is -0.131. The van der Waals surface area contributed by atoms with E-state index in [2.05, 4.69) is 4.98 Å². The van der Waals surface area contributed by atoms with Gasteiger partial charge in [0.05, 0.1) is 23.2 Å². The van der Waals surface area contributed by atoms with Gasteiger partial charge in [-0.25, -0.2) is 4.39 Å². The Hall–Kier alpha value is -3.28. The molecule has 2 heterocycles. The predicted octanol–water partition coefficient (Wildman–Crippen LogP) is 3.73. The third-order valence-corrected chi connectivity index (χ3v) is 5.67. The van der Waals surface area contributed by atoms with Crippen molar-refractivity contribution >= 4 is 22.7 Å². The van der Waals surface area contributed by atoms with Crippen molar-refractivity contribution in [3.63, 3.8) is 0 Å². The number of carbonyl (C=O) groups excluding carboxylic acids is 2. The fourth-order valence-corrected chi connectivity index (χ4v) is 4.21. The standard InChI is InChI=1S/C24H24FN3O2/c1-15-4-2-5-16(10-15)11-22(29)28-9-3-6-17(14-28)23-20(24(26)30)13-18-12-19(25)7-8-21(18)27-23/h2,4-5,7-8,10,12-13,17H,3,6,9,11,14H2,1H3,(H2,26,30)/t17-/m0/s1. The highest BCUT2D eigenvalue weighted by Gasteiger charge is 2.28. The number of primary amides is 1. The second kappa shape index (κ2) is 8.22. The van der Waals surface area contributed by atoms with Crippen LogP contribution in [0.2, 0.25) is 0 Å². The highest BCUT2D eigenvalue weighted by Crippen LogP contribution is 2.30. The monoisotopic (exact) mass is 405 g/mol. The molecule has 5 nitrogen and oxygen atoms in total. The van der Waals surface area contributed by atoms with Crippen molar-refractivity contribution in [2.75, 3.05) is 13.1 Å². The number of rotatable bonds is 4. The minimum Gasteiger partial charge on any atom is -0.366 e. The van der Waals surface area contributed by atoms with Crippen LogP contribution in [0, 0.1) is 12.7 Å². The van der Waals surface area contributed by atoms with Gasteiger partial charge < -0.3 is 10.6 Å². The third kappa shape index (κ3) is 4.17. The molecule has 0 radical (unpaired) electrons. The molecule has 6 heteroatoms. The van der Waals surface area contributed by atoms with Crippen LogP contribution in [0.3, 0.4) is 0 Å². The Bertz CT molecular complexity index is 1130. The number of halogens is 1. The zero-order valence-corrected chi connectivity index (χ0v) is 16.9. The zero-order chi connectivity index (χ0) is 21.3. The van der Waals surface area contributed by atoms with Crippen LogP contribution < -0.4 is 5.73 Å². The maximum Gasteiger partial charge on any atom is 0.250 e. The molecular formula is C24H24FN3O2. The molecule has 1 saturated heterocycles. The molecular weight excluding hydrogens is 381 g/mol. The molecule has 2 N–H and O–H groups in total. The molecule has 0 aliphatic carbocycles. The van der Waals surface area contributed by atoms with Gasteiger partial charge in [-0.2, -0.15) is 0 Å². The molecule has 3 aromatic rings. The van der Waals surface area contributed by atoms with Crippen molar-refractivity contribution in [3.8, 4) is 0 Å². The molecule has 0 saturated carbocycles. The smallest absolute Gasteiger partial charge is 0.250 e. The van der Waals surface area contributed by atoms with Gasteiger partial charge in [0, 0.05) is 24.4 Å². The van der Waals surface area contributed by atoms with Crippen LogP contribution in [0.25, 0.3) is 10.9 Å². The summed E-state index contributed by atoms with van der Waals surface area (Å²) >= 11 is 0. The number of piperidine rings is 1. The number of nitrogens with two attached hydrogens (primary N) is 1. The van der Waals surface area contributed by atoms with Crippen molar-refractivity contribution in [2.24, 2.45) is 5.73 Å². The molecule has 1 aromatic heterocycles. The summed E-state index contributed by atoms with van der Waals surface area (Å²) in [7, 11) is 0. The number of amides is 2. The van der Waals surface area contributed by atoms with Gasteiger partial charge in [-0.1, -0.05) is 29.8 Å². The Balaban J connectivity index is 1.60. The van der Waals surface area contributed by atoms with E-state index < -0.39 is 11.7 Å². The molecule has 4 rings (SSSR count). The summed E-state index contributed by atoms with van der Waals surface area (Å²) in [5.41, 5.74) is 9.22. The maximum absolute atomic E-state index is 13.6. The fraction of sp³-hybridized carbons (Fsp3) is 0.292. The summed E-state index contributed by atoms with van der Waals surface area (Å²) in [6, 6.07) is 13.8. The van der Waals surface area contributed by atoms with E-state index in [0.717, 1.165) is 24.0 Å². The van der Waals surface area contributed by atoms with E-state index in [-0.39, 0.29) is 11.8 Å². The van der Waals surface area contributed by atoms with Gasteiger partial charge in [0.15, 0.2) is 0 Å². The number of carbonyl (C=O) groups is 2. The summed E-state index contributed by atoms with van der Waals surface area (Å²) in [5, 5.41) is 0.538. The SMILES string of the molecule is Cc1cccc(CC(=O)N2CCC[C@H](c3nc4ccc(F)cc4cc3C(N)=O)C2)c1. The van der Waals surface area contributed by atoms with E-state index in [4.69, 9.17) is 5.73 Å². The number of benzene rings is 2. The summed E-state index contributed by atoms with van der Waals surface area (Å²) in [5.74, 6) is -1.00. The van der Waals surface area contributed by atoms with Crippen molar-refractivity contribution in [1.29, 1.82) is 0 Å². The lowest BCUT2D eigenvalue weighted by atomic mass is 9.90. The third-order valence-electron chi connectivity index (χ3n) is 5.67. The average molecular weight is 405 g/mol. The molecule has 1 aliphatic heterocycles. The van der Waals surface area contributed by atoms with E-state index >= 15 is 0 Å². The van der Waals surface area contributed by atoms with Crippen LogP contribution in [0.4, 0.5) is 4.39 Å². The number of fused-ring (bicyclic) bond motifs is 1. The van der Waals surface area contributed by atoms with Gasteiger partial charge >= 0.3 is 0 Å². The average Bonchev–Trinajstić information content (AvgIpc) is 2.72.